The number of carboxylic acid groups (broad SMARTS) is 2. The van der Waals surface area contributed by atoms with Gasteiger partial charge in [0.1, 0.15) is 29.9 Å². The predicted octanol–water partition coefficient (Wildman–Crippen LogP) is 3.89. The van der Waals surface area contributed by atoms with Crippen molar-refractivity contribution in [1.29, 1.82) is 0 Å². The highest BCUT2D eigenvalue weighted by Gasteiger charge is 2.34. The summed E-state index contributed by atoms with van der Waals surface area (Å²) < 4.78 is 1.08. The topological polar surface area (TPSA) is 268 Å². The van der Waals surface area contributed by atoms with E-state index >= 15 is 0 Å². The average Bonchev–Trinajstić information content (AvgIpc) is 3.22. The normalized spacial score (nSPS) is 13.5. The van der Waals surface area contributed by atoms with Crippen LogP contribution in [0.25, 0.3) is 10.8 Å². The van der Waals surface area contributed by atoms with Gasteiger partial charge in [-0.1, -0.05) is 64.4 Å². The molecule has 0 saturated carbocycles. The molecule has 4 aromatic rings. The van der Waals surface area contributed by atoms with Crippen LogP contribution < -0.4 is 37.9 Å². The molecule has 0 aliphatic rings. The van der Waals surface area contributed by atoms with Crippen LogP contribution in [0.5, 0.6) is 0 Å². The Morgan fingerprint density at radius 3 is 1.89 bits per heavy atom. The first kappa shape index (κ1) is 46.8. The minimum absolute atomic E-state index is 0.00914. The Morgan fingerprint density at radius 1 is 0.705 bits per heavy atom. The molecule has 0 aliphatic heterocycles. The SMILES string of the molecule is CCC(C)C(C(=O)N[C@@H](CC(=O)O)C(=O)N[C@@H](CCCN)C(=O)N[C@@H](CC(C)C)C(=O)O)n1cccc(NC(=O)c2ccc(C(=O)Nc3ccc4ccccc4c3)cc2)c1=O. The maximum atomic E-state index is 14.0. The van der Waals surface area contributed by atoms with Crippen LogP contribution >= 0.6 is 0 Å². The number of fused-ring (bicyclic) bond motifs is 1. The van der Waals surface area contributed by atoms with Crippen LogP contribution in [0.3, 0.4) is 0 Å². The zero-order valence-electron chi connectivity index (χ0n) is 34.5. The summed E-state index contributed by atoms with van der Waals surface area (Å²) in [7, 11) is 0. The molecule has 5 amide bonds. The van der Waals surface area contributed by atoms with Crippen molar-refractivity contribution in [3.63, 3.8) is 0 Å². The van der Waals surface area contributed by atoms with E-state index in [0.29, 0.717) is 12.1 Å². The molecule has 1 aromatic heterocycles. The summed E-state index contributed by atoms with van der Waals surface area (Å²) >= 11 is 0. The molecule has 17 heteroatoms. The van der Waals surface area contributed by atoms with Gasteiger partial charge in [-0.3, -0.25) is 33.6 Å². The minimum atomic E-state index is -1.72. The van der Waals surface area contributed by atoms with Gasteiger partial charge >= 0.3 is 11.9 Å². The molecule has 17 nitrogen and oxygen atoms in total. The Kier molecular flexibility index (Phi) is 16.8. The lowest BCUT2D eigenvalue weighted by molar-refractivity contribution is -0.143. The second kappa shape index (κ2) is 21.9. The number of nitrogens with two attached hydrogens (primary N) is 1. The van der Waals surface area contributed by atoms with E-state index in [2.05, 4.69) is 26.6 Å². The summed E-state index contributed by atoms with van der Waals surface area (Å²) in [5.74, 6) is -7.17. The summed E-state index contributed by atoms with van der Waals surface area (Å²) in [6, 6.07) is 16.2. The summed E-state index contributed by atoms with van der Waals surface area (Å²) in [5.41, 5.74) is 5.69. The van der Waals surface area contributed by atoms with E-state index < -0.39 is 83.5 Å². The highest BCUT2D eigenvalue weighted by molar-refractivity contribution is 6.07. The molecular formula is C44H53N7O10. The molecule has 1 heterocycles. The van der Waals surface area contributed by atoms with E-state index in [1.54, 1.807) is 33.8 Å². The van der Waals surface area contributed by atoms with Gasteiger partial charge in [0, 0.05) is 23.0 Å². The van der Waals surface area contributed by atoms with Crippen molar-refractivity contribution in [2.24, 2.45) is 17.6 Å². The summed E-state index contributed by atoms with van der Waals surface area (Å²) in [4.78, 5) is 105. The lowest BCUT2D eigenvalue weighted by Crippen LogP contribution is -2.57. The molecule has 3 aromatic carbocycles. The van der Waals surface area contributed by atoms with Crippen molar-refractivity contribution in [1.82, 2.24) is 20.5 Å². The molecule has 0 aliphatic carbocycles. The average molecular weight is 840 g/mol. The van der Waals surface area contributed by atoms with Crippen LogP contribution in [0.15, 0.2) is 89.9 Å². The van der Waals surface area contributed by atoms with Crippen molar-refractivity contribution < 1.29 is 43.8 Å². The number of hydrogen-bond donors (Lipinski definition) is 8. The van der Waals surface area contributed by atoms with Gasteiger partial charge in [-0.15, -0.1) is 0 Å². The molecule has 0 saturated heterocycles. The number of carbonyl (C=O) groups is 7. The Balaban J connectivity index is 1.50. The Hall–Kier alpha value is -6.88. The van der Waals surface area contributed by atoms with Crippen LogP contribution in [0.2, 0.25) is 0 Å². The molecule has 9 N–H and O–H groups in total. The van der Waals surface area contributed by atoms with Crippen LogP contribution in [0, 0.1) is 11.8 Å². The lowest BCUT2D eigenvalue weighted by atomic mass is 9.97. The van der Waals surface area contributed by atoms with E-state index in [1.807, 2.05) is 36.4 Å². The Bertz CT molecular complexity index is 2290. The number of amides is 5. The number of nitrogens with zero attached hydrogens (tertiary/aromatic N) is 1. The summed E-state index contributed by atoms with van der Waals surface area (Å²) in [5, 5.41) is 34.0. The molecule has 61 heavy (non-hydrogen) atoms. The maximum absolute atomic E-state index is 14.0. The van der Waals surface area contributed by atoms with Gasteiger partial charge < -0.3 is 47.1 Å². The van der Waals surface area contributed by atoms with Crippen molar-refractivity contribution in [2.75, 3.05) is 17.2 Å². The third-order valence-electron chi connectivity index (χ3n) is 10.1. The number of nitrogens with one attached hydrogen (secondary N) is 5. The predicted molar refractivity (Wildman–Crippen MR) is 229 cm³/mol. The van der Waals surface area contributed by atoms with Gasteiger partial charge in [0.2, 0.25) is 17.7 Å². The quantitative estimate of drug-likeness (QED) is 0.0597. The Labute approximate surface area is 352 Å². The third-order valence-corrected chi connectivity index (χ3v) is 10.1. The van der Waals surface area contributed by atoms with E-state index in [0.717, 1.165) is 15.3 Å². The second-order valence-corrected chi connectivity index (χ2v) is 15.2. The van der Waals surface area contributed by atoms with Crippen molar-refractivity contribution >= 4 is 63.6 Å². The first-order valence-corrected chi connectivity index (χ1v) is 20.0. The first-order valence-electron chi connectivity index (χ1n) is 20.0. The second-order valence-electron chi connectivity index (χ2n) is 15.2. The molecule has 0 fully saturated rings. The first-order chi connectivity index (χ1) is 29.0. The largest absolute Gasteiger partial charge is 0.481 e. The van der Waals surface area contributed by atoms with Gasteiger partial charge in [0.15, 0.2) is 0 Å². The highest BCUT2D eigenvalue weighted by Crippen LogP contribution is 2.23. The van der Waals surface area contributed by atoms with Crippen LogP contribution in [-0.4, -0.2) is 80.9 Å². The number of aliphatic carboxylic acids is 2. The van der Waals surface area contributed by atoms with Gasteiger partial charge in [-0.2, -0.15) is 0 Å². The standard InChI is InChI=1S/C44H53N7O10/c1-5-26(4)37(42(58)49-34(24-36(52)53)41(57)47-32(12-8-20-45)40(56)50-35(44(60)61)22-25(2)3)51-21-9-13-33(43(51)59)48-39(55)29-16-14-28(15-17-29)38(54)46-31-19-18-27-10-6-7-11-30(27)23-31/h6-7,9-11,13-19,21,23,25-26,32,34-35,37H,5,8,12,20,22,24,45H2,1-4H3,(H,46,54)(H,47,57)(H,48,55)(H,49,58)(H,50,56)(H,52,53)(H,60,61)/t26?,32-,34-,35-,37?/m0/s1. The zero-order chi connectivity index (χ0) is 44.8. The van der Waals surface area contributed by atoms with Crippen molar-refractivity contribution in [2.45, 2.75) is 84.0 Å². The van der Waals surface area contributed by atoms with Crippen LogP contribution in [-0.2, 0) is 24.0 Å². The van der Waals surface area contributed by atoms with Crippen molar-refractivity contribution in [3.05, 3.63) is 107 Å². The van der Waals surface area contributed by atoms with E-state index in [9.17, 15) is 48.6 Å². The van der Waals surface area contributed by atoms with Crippen LogP contribution in [0.1, 0.15) is 86.6 Å². The molecule has 4 rings (SSSR count). The highest BCUT2D eigenvalue weighted by atomic mass is 16.4. The Morgan fingerprint density at radius 2 is 1.30 bits per heavy atom. The van der Waals surface area contributed by atoms with Gasteiger partial charge in [-0.05, 0) is 96.9 Å². The number of benzene rings is 3. The third kappa shape index (κ3) is 13.1. The van der Waals surface area contributed by atoms with E-state index in [4.69, 9.17) is 5.73 Å². The number of aromatic nitrogens is 1. The number of carboxylic acids is 2. The summed E-state index contributed by atoms with van der Waals surface area (Å²) in [6.45, 7) is 7.13. The number of rotatable bonds is 21. The monoisotopic (exact) mass is 839 g/mol. The molecule has 0 radical (unpaired) electrons. The van der Waals surface area contributed by atoms with Gasteiger partial charge in [0.25, 0.3) is 17.4 Å². The number of pyridine rings is 1. The van der Waals surface area contributed by atoms with Gasteiger partial charge in [-0.25, -0.2) is 4.79 Å². The van der Waals surface area contributed by atoms with Crippen LogP contribution in [0.4, 0.5) is 11.4 Å². The minimum Gasteiger partial charge on any atom is -0.481 e. The molecule has 324 valence electrons. The lowest BCUT2D eigenvalue weighted by Gasteiger charge is -2.28. The molecule has 0 bridgehead atoms. The van der Waals surface area contributed by atoms with Gasteiger partial charge in [0.05, 0.1) is 6.42 Å². The van der Waals surface area contributed by atoms with Crippen molar-refractivity contribution in [3.8, 4) is 0 Å². The fraction of sp³-hybridized carbons (Fsp3) is 0.364. The van der Waals surface area contributed by atoms with E-state index in [1.165, 1.54) is 42.6 Å². The smallest absolute Gasteiger partial charge is 0.326 e. The molecular weight excluding hydrogens is 787 g/mol. The summed E-state index contributed by atoms with van der Waals surface area (Å²) in [6.07, 6.45) is 1.14. The number of carbonyl (C=O) groups excluding carboxylic acids is 5. The molecule has 2 unspecified atom stereocenters. The molecule has 0 spiro atoms. The maximum Gasteiger partial charge on any atom is 0.326 e. The fourth-order valence-corrected chi connectivity index (χ4v) is 6.61. The number of anilines is 2. The van der Waals surface area contributed by atoms with E-state index in [-0.39, 0.29) is 48.5 Å². The zero-order valence-corrected chi connectivity index (χ0v) is 34.5. The fourth-order valence-electron chi connectivity index (χ4n) is 6.61. The number of hydrogen-bond acceptors (Lipinski definition) is 9. The molecule has 5 atom stereocenters.